The molecule has 0 saturated heterocycles. The summed E-state index contributed by atoms with van der Waals surface area (Å²) in [7, 11) is 2.05. The summed E-state index contributed by atoms with van der Waals surface area (Å²) in [6.45, 7) is 0.931. The summed E-state index contributed by atoms with van der Waals surface area (Å²) in [5.74, 6) is 0. The molecule has 1 aliphatic rings. The highest BCUT2D eigenvalue weighted by Gasteiger charge is 2.15. The molecule has 3 heteroatoms. The predicted octanol–water partition coefficient (Wildman–Crippen LogP) is 1.62. The minimum Gasteiger partial charge on any atom is -0.361 e. The third-order valence-corrected chi connectivity index (χ3v) is 2.62. The van der Waals surface area contributed by atoms with Crippen molar-refractivity contribution in [2.75, 3.05) is 12.1 Å². The van der Waals surface area contributed by atoms with Crippen LogP contribution in [0.15, 0.2) is 24.4 Å². The van der Waals surface area contributed by atoms with Gasteiger partial charge in [-0.1, -0.05) is 0 Å². The van der Waals surface area contributed by atoms with Crippen LogP contribution >= 0.6 is 0 Å². The van der Waals surface area contributed by atoms with E-state index in [9.17, 15) is 0 Å². The van der Waals surface area contributed by atoms with Gasteiger partial charge in [-0.25, -0.2) is 5.43 Å². The maximum atomic E-state index is 3.27. The first-order chi connectivity index (χ1) is 6.34. The number of benzene rings is 1. The number of aromatic amines is 1. The van der Waals surface area contributed by atoms with E-state index in [0.29, 0.717) is 0 Å². The molecule has 66 valence electrons. The fourth-order valence-corrected chi connectivity index (χ4v) is 1.88. The van der Waals surface area contributed by atoms with E-state index in [-0.39, 0.29) is 0 Å². The second-order valence-corrected chi connectivity index (χ2v) is 3.44. The highest BCUT2D eigenvalue weighted by Crippen LogP contribution is 2.28. The average Bonchev–Trinajstić information content (AvgIpc) is 2.70. The van der Waals surface area contributed by atoms with Gasteiger partial charge in [0.25, 0.3) is 0 Å². The Morgan fingerprint density at radius 3 is 3.23 bits per heavy atom. The minimum atomic E-state index is 0.931. The van der Waals surface area contributed by atoms with Crippen molar-refractivity contribution in [2.45, 2.75) is 6.54 Å². The Bertz CT molecular complexity index is 458. The normalized spacial score (nSPS) is 15.3. The number of hydrazine groups is 1. The molecule has 2 N–H and O–H groups in total. The second kappa shape index (κ2) is 2.26. The van der Waals surface area contributed by atoms with E-state index < -0.39 is 0 Å². The highest BCUT2D eigenvalue weighted by atomic mass is 15.5. The van der Waals surface area contributed by atoms with Gasteiger partial charge in [0.15, 0.2) is 0 Å². The summed E-state index contributed by atoms with van der Waals surface area (Å²) in [6, 6.07) is 6.52. The van der Waals surface area contributed by atoms with Crippen molar-refractivity contribution in [2.24, 2.45) is 0 Å². The van der Waals surface area contributed by atoms with Crippen LogP contribution in [0.3, 0.4) is 0 Å². The zero-order valence-electron chi connectivity index (χ0n) is 7.46. The van der Waals surface area contributed by atoms with Crippen LogP contribution in [0.2, 0.25) is 0 Å². The van der Waals surface area contributed by atoms with Crippen LogP contribution in [0.5, 0.6) is 0 Å². The molecule has 1 aromatic carbocycles. The molecule has 0 aliphatic carbocycles. The molecule has 0 unspecified atom stereocenters. The van der Waals surface area contributed by atoms with Crippen LogP contribution in [0.4, 0.5) is 5.69 Å². The first-order valence-corrected chi connectivity index (χ1v) is 4.42. The Morgan fingerprint density at radius 1 is 1.38 bits per heavy atom. The number of nitrogens with one attached hydrogen (secondary N) is 2. The molecule has 3 nitrogen and oxygen atoms in total. The molecular formula is C10H11N3. The number of H-pyrrole nitrogens is 1. The van der Waals surface area contributed by atoms with Gasteiger partial charge in [-0.05, 0) is 23.8 Å². The lowest BCUT2D eigenvalue weighted by Crippen LogP contribution is -2.26. The molecule has 0 bridgehead atoms. The first kappa shape index (κ1) is 6.97. The molecule has 0 saturated carbocycles. The number of nitrogens with zero attached hydrogens (tertiary/aromatic N) is 1. The van der Waals surface area contributed by atoms with Crippen LogP contribution in [0.1, 0.15) is 5.56 Å². The third-order valence-electron chi connectivity index (χ3n) is 2.62. The number of fused-ring (bicyclic) bond motifs is 2. The summed E-state index contributed by atoms with van der Waals surface area (Å²) in [5, 5.41) is 3.34. The Kier molecular flexibility index (Phi) is 1.21. The second-order valence-electron chi connectivity index (χ2n) is 3.44. The van der Waals surface area contributed by atoms with Crippen molar-refractivity contribution in [3.05, 3.63) is 30.0 Å². The van der Waals surface area contributed by atoms with Gasteiger partial charge >= 0.3 is 0 Å². The summed E-state index contributed by atoms with van der Waals surface area (Å²) >= 11 is 0. The number of hydrogen-bond donors (Lipinski definition) is 2. The van der Waals surface area contributed by atoms with E-state index in [2.05, 4.69) is 33.6 Å². The van der Waals surface area contributed by atoms with Gasteiger partial charge < -0.3 is 9.99 Å². The SMILES string of the molecule is CN1NCc2cc3[nH]ccc3cc21. The topological polar surface area (TPSA) is 31.1 Å². The third kappa shape index (κ3) is 0.876. The van der Waals surface area contributed by atoms with Gasteiger partial charge in [0, 0.05) is 30.7 Å². The molecular weight excluding hydrogens is 162 g/mol. The lowest BCUT2D eigenvalue weighted by Gasteiger charge is -2.11. The monoisotopic (exact) mass is 173 g/mol. The van der Waals surface area contributed by atoms with Gasteiger partial charge in [-0.3, -0.25) is 0 Å². The molecule has 2 aromatic rings. The van der Waals surface area contributed by atoms with E-state index in [4.69, 9.17) is 0 Å². The number of rotatable bonds is 0. The molecule has 0 fully saturated rings. The molecule has 0 radical (unpaired) electrons. The number of hydrogen-bond acceptors (Lipinski definition) is 2. The maximum absolute atomic E-state index is 3.27. The smallest absolute Gasteiger partial charge is 0.0569 e. The fourth-order valence-electron chi connectivity index (χ4n) is 1.88. The zero-order chi connectivity index (χ0) is 8.84. The molecule has 2 heterocycles. The summed E-state index contributed by atoms with van der Waals surface area (Å²) in [5.41, 5.74) is 7.13. The number of anilines is 1. The van der Waals surface area contributed by atoms with E-state index in [1.54, 1.807) is 0 Å². The minimum absolute atomic E-state index is 0.931. The van der Waals surface area contributed by atoms with Gasteiger partial charge in [-0.15, -0.1) is 0 Å². The highest BCUT2D eigenvalue weighted by molar-refractivity contribution is 5.85. The summed E-state index contributed by atoms with van der Waals surface area (Å²) < 4.78 is 0. The van der Waals surface area contributed by atoms with Crippen LogP contribution < -0.4 is 10.4 Å². The molecule has 0 amide bonds. The molecule has 3 rings (SSSR count). The molecule has 1 aromatic heterocycles. The van der Waals surface area contributed by atoms with Crippen molar-refractivity contribution < 1.29 is 0 Å². The van der Waals surface area contributed by atoms with Gasteiger partial charge in [0.1, 0.15) is 0 Å². The lowest BCUT2D eigenvalue weighted by molar-refractivity contribution is 0.735. The van der Waals surface area contributed by atoms with Crippen LogP contribution in [-0.4, -0.2) is 12.0 Å². The average molecular weight is 173 g/mol. The quantitative estimate of drug-likeness (QED) is 0.634. The molecule has 1 aliphatic heterocycles. The van der Waals surface area contributed by atoms with Crippen molar-refractivity contribution >= 4 is 16.6 Å². The van der Waals surface area contributed by atoms with Crippen molar-refractivity contribution in [3.8, 4) is 0 Å². The standard InChI is InChI=1S/C10H11N3/c1-13-10-5-7-2-3-11-9(7)4-8(10)6-12-13/h2-5,11-12H,6H2,1H3. The van der Waals surface area contributed by atoms with E-state index in [0.717, 1.165) is 6.54 Å². The van der Waals surface area contributed by atoms with Crippen LogP contribution in [0.25, 0.3) is 10.9 Å². The zero-order valence-corrected chi connectivity index (χ0v) is 7.46. The Labute approximate surface area is 76.3 Å². The summed E-state index contributed by atoms with van der Waals surface area (Å²) in [6.07, 6.45) is 1.98. The van der Waals surface area contributed by atoms with Gasteiger partial charge in [0.05, 0.1) is 5.69 Å². The largest absolute Gasteiger partial charge is 0.361 e. The van der Waals surface area contributed by atoms with Crippen molar-refractivity contribution in [3.63, 3.8) is 0 Å². The Morgan fingerprint density at radius 2 is 2.31 bits per heavy atom. The van der Waals surface area contributed by atoms with E-state index in [1.807, 2.05) is 13.2 Å². The Balaban J connectivity index is 2.34. The maximum Gasteiger partial charge on any atom is 0.0569 e. The summed E-state index contributed by atoms with van der Waals surface area (Å²) in [4.78, 5) is 3.22. The lowest BCUT2D eigenvalue weighted by atomic mass is 10.1. The van der Waals surface area contributed by atoms with Crippen LogP contribution in [-0.2, 0) is 6.54 Å². The van der Waals surface area contributed by atoms with Crippen LogP contribution in [0, 0.1) is 0 Å². The Hall–Kier alpha value is -1.48. The van der Waals surface area contributed by atoms with Crippen molar-refractivity contribution in [1.29, 1.82) is 0 Å². The molecule has 0 atom stereocenters. The molecule has 13 heavy (non-hydrogen) atoms. The number of aromatic nitrogens is 1. The van der Waals surface area contributed by atoms with Gasteiger partial charge in [0.2, 0.25) is 0 Å². The van der Waals surface area contributed by atoms with E-state index >= 15 is 0 Å². The van der Waals surface area contributed by atoms with E-state index in [1.165, 1.54) is 22.2 Å². The first-order valence-electron chi connectivity index (χ1n) is 4.42. The van der Waals surface area contributed by atoms with Gasteiger partial charge in [-0.2, -0.15) is 0 Å². The predicted molar refractivity (Wildman–Crippen MR) is 53.5 cm³/mol. The van der Waals surface area contributed by atoms with Crippen molar-refractivity contribution in [1.82, 2.24) is 10.4 Å². The fraction of sp³-hybridized carbons (Fsp3) is 0.200. The molecule has 0 spiro atoms.